The van der Waals surface area contributed by atoms with Gasteiger partial charge in [0.2, 0.25) is 0 Å². The molecule has 0 saturated heterocycles. The van der Waals surface area contributed by atoms with E-state index < -0.39 is 0 Å². The van der Waals surface area contributed by atoms with Crippen molar-refractivity contribution >= 4 is 21.9 Å². The molecule has 1 aliphatic rings. The average molecular weight is 311 g/mol. The molecular weight excluding hydrogens is 294 g/mol. The minimum atomic E-state index is 0. The topological polar surface area (TPSA) is 15.8 Å². The van der Waals surface area contributed by atoms with E-state index in [1.807, 2.05) is 18.3 Å². The molecule has 1 nitrogen and oxygen atoms in total. The smallest absolute Gasteiger partial charge is 0.0453 e. The maximum absolute atomic E-state index is 3.12. The van der Waals surface area contributed by atoms with E-state index in [1.54, 1.807) is 0 Å². The lowest BCUT2D eigenvalue weighted by Crippen LogP contribution is -1.77. The summed E-state index contributed by atoms with van der Waals surface area (Å²) in [6, 6.07) is 27.6. The van der Waals surface area contributed by atoms with E-state index in [9.17, 15) is 0 Å². The number of para-hydroxylation sites is 1. The molecule has 1 heterocycles. The number of hydrogen-bond acceptors (Lipinski definition) is 0. The van der Waals surface area contributed by atoms with E-state index in [0.29, 0.717) is 0 Å². The normalized spacial score (nSPS) is 11.0. The van der Waals surface area contributed by atoms with Crippen molar-refractivity contribution in [3.05, 3.63) is 96.2 Å². The zero-order chi connectivity index (χ0) is 14.8. The summed E-state index contributed by atoms with van der Waals surface area (Å²) in [6.07, 6.45) is 3.05. The first-order valence-corrected chi connectivity index (χ1v) is 7.60. The van der Waals surface area contributed by atoms with Crippen LogP contribution in [0.4, 0.5) is 0 Å². The van der Waals surface area contributed by atoms with Crippen molar-refractivity contribution < 1.29 is 0 Å². The summed E-state index contributed by atoms with van der Waals surface area (Å²) < 4.78 is 0. The highest BCUT2D eigenvalue weighted by atomic mass is 28.1. The first kappa shape index (κ1) is 15.3. The van der Waals surface area contributed by atoms with Crippen LogP contribution in [-0.4, -0.2) is 15.9 Å². The highest BCUT2D eigenvalue weighted by Crippen LogP contribution is 2.35. The molecule has 0 saturated carbocycles. The van der Waals surface area contributed by atoms with E-state index in [2.05, 4.69) is 71.7 Å². The number of rotatable bonds is 0. The SMILES string of the molecule is [Si].c1ccc2[nH]ccc2c1.c1ccc2c(c1)Cc1ccccc1-2. The fourth-order valence-electron chi connectivity index (χ4n) is 3.07. The van der Waals surface area contributed by atoms with E-state index in [-0.39, 0.29) is 11.0 Å². The molecule has 0 bridgehead atoms. The van der Waals surface area contributed by atoms with Crippen LogP contribution in [0.1, 0.15) is 11.1 Å². The first-order chi connectivity index (χ1) is 10.9. The summed E-state index contributed by atoms with van der Waals surface area (Å²) >= 11 is 0. The standard InChI is InChI=1S/C13H10.C8H7N.Si/c1-3-7-12-10(5-1)9-11-6-2-4-8-13(11)12;1-2-4-8-7(3-1)5-6-9-8;/h1-8H,9H2;1-6,9H;. The summed E-state index contributed by atoms with van der Waals surface area (Å²) in [4.78, 5) is 3.12. The Kier molecular flexibility index (Phi) is 4.44. The Morgan fingerprint density at radius 2 is 1.17 bits per heavy atom. The predicted molar refractivity (Wildman–Crippen MR) is 98.7 cm³/mol. The Morgan fingerprint density at radius 1 is 0.609 bits per heavy atom. The molecule has 0 amide bonds. The molecule has 4 radical (unpaired) electrons. The second-order valence-corrected chi connectivity index (χ2v) is 5.56. The molecule has 4 aromatic rings. The zero-order valence-electron chi connectivity index (χ0n) is 12.8. The van der Waals surface area contributed by atoms with Crippen LogP contribution in [0, 0.1) is 0 Å². The van der Waals surface area contributed by atoms with Gasteiger partial charge < -0.3 is 4.98 Å². The molecule has 23 heavy (non-hydrogen) atoms. The van der Waals surface area contributed by atoms with Crippen LogP contribution >= 0.6 is 0 Å². The van der Waals surface area contributed by atoms with Gasteiger partial charge in [0, 0.05) is 22.7 Å². The van der Waals surface area contributed by atoms with Crippen LogP contribution in [0.15, 0.2) is 85.1 Å². The van der Waals surface area contributed by atoms with Crippen LogP contribution in [0.3, 0.4) is 0 Å². The first-order valence-electron chi connectivity index (χ1n) is 7.60. The number of benzene rings is 3. The van der Waals surface area contributed by atoms with Crippen molar-refractivity contribution in [2.45, 2.75) is 6.42 Å². The highest BCUT2D eigenvalue weighted by Gasteiger charge is 2.15. The summed E-state index contributed by atoms with van der Waals surface area (Å²) in [5.74, 6) is 0. The number of nitrogens with one attached hydrogen (secondary N) is 1. The molecule has 5 rings (SSSR count). The third-order valence-corrected chi connectivity index (χ3v) is 4.17. The molecule has 3 aromatic carbocycles. The van der Waals surface area contributed by atoms with Crippen molar-refractivity contribution in [1.82, 2.24) is 4.98 Å². The third-order valence-electron chi connectivity index (χ3n) is 4.17. The molecule has 0 spiro atoms. The van der Waals surface area contributed by atoms with Crippen molar-refractivity contribution in [2.75, 3.05) is 0 Å². The van der Waals surface area contributed by atoms with Gasteiger partial charge in [-0.25, -0.2) is 0 Å². The lowest BCUT2D eigenvalue weighted by atomic mass is 10.1. The number of aromatic amines is 1. The molecule has 2 heteroatoms. The van der Waals surface area contributed by atoms with E-state index in [4.69, 9.17) is 0 Å². The number of H-pyrrole nitrogens is 1. The van der Waals surface area contributed by atoms with Gasteiger partial charge in [-0.05, 0) is 46.2 Å². The van der Waals surface area contributed by atoms with Crippen LogP contribution < -0.4 is 0 Å². The van der Waals surface area contributed by atoms with Crippen molar-refractivity contribution in [3.63, 3.8) is 0 Å². The van der Waals surface area contributed by atoms with Crippen LogP contribution in [0.5, 0.6) is 0 Å². The minimum absolute atomic E-state index is 0. The molecule has 1 N–H and O–H groups in total. The summed E-state index contributed by atoms with van der Waals surface area (Å²) in [5.41, 5.74) is 6.96. The monoisotopic (exact) mass is 311 g/mol. The van der Waals surface area contributed by atoms with Gasteiger partial charge in [-0.2, -0.15) is 0 Å². The lowest BCUT2D eigenvalue weighted by Gasteiger charge is -1.98. The molecule has 1 aromatic heterocycles. The highest BCUT2D eigenvalue weighted by molar-refractivity contribution is 5.79. The zero-order valence-corrected chi connectivity index (χ0v) is 13.8. The Morgan fingerprint density at radius 3 is 1.83 bits per heavy atom. The Bertz CT molecular complexity index is 850. The van der Waals surface area contributed by atoms with Gasteiger partial charge >= 0.3 is 0 Å². The quantitative estimate of drug-likeness (QED) is 0.385. The van der Waals surface area contributed by atoms with Crippen LogP contribution in [0.2, 0.25) is 0 Å². The third kappa shape index (κ3) is 2.99. The van der Waals surface area contributed by atoms with E-state index >= 15 is 0 Å². The molecule has 0 fully saturated rings. The molecule has 1 aliphatic carbocycles. The summed E-state index contributed by atoms with van der Waals surface area (Å²) in [5, 5.41) is 1.28. The maximum atomic E-state index is 3.12. The van der Waals surface area contributed by atoms with Crippen LogP contribution in [0.25, 0.3) is 22.0 Å². The average Bonchev–Trinajstić information content (AvgIpc) is 3.19. The lowest BCUT2D eigenvalue weighted by molar-refractivity contribution is 1.26. The van der Waals surface area contributed by atoms with E-state index in [1.165, 1.54) is 33.2 Å². The van der Waals surface area contributed by atoms with Gasteiger partial charge in [-0.1, -0.05) is 66.7 Å². The second-order valence-electron chi connectivity index (χ2n) is 5.56. The number of hydrogen-bond donors (Lipinski definition) is 1. The number of aromatic nitrogens is 1. The molecular formula is C21H17NSi. The van der Waals surface area contributed by atoms with E-state index in [0.717, 1.165) is 6.42 Å². The molecule has 0 aliphatic heterocycles. The Labute approximate surface area is 141 Å². The molecule has 110 valence electrons. The minimum Gasteiger partial charge on any atom is -0.361 e. The maximum Gasteiger partial charge on any atom is 0.0453 e. The Balaban J connectivity index is 0.000000138. The predicted octanol–water partition coefficient (Wildman–Crippen LogP) is 5.04. The van der Waals surface area contributed by atoms with Gasteiger partial charge in [0.25, 0.3) is 0 Å². The van der Waals surface area contributed by atoms with Crippen molar-refractivity contribution in [2.24, 2.45) is 0 Å². The van der Waals surface area contributed by atoms with Crippen LogP contribution in [-0.2, 0) is 6.42 Å². The molecule has 0 atom stereocenters. The van der Waals surface area contributed by atoms with Gasteiger partial charge in [0.1, 0.15) is 0 Å². The fraction of sp³-hybridized carbons (Fsp3) is 0.0476. The summed E-state index contributed by atoms with van der Waals surface area (Å²) in [6.45, 7) is 0. The van der Waals surface area contributed by atoms with Crippen molar-refractivity contribution in [1.29, 1.82) is 0 Å². The second kappa shape index (κ2) is 6.67. The van der Waals surface area contributed by atoms with Crippen molar-refractivity contribution in [3.8, 4) is 11.1 Å². The molecule has 0 unspecified atom stereocenters. The van der Waals surface area contributed by atoms with Gasteiger partial charge in [0.15, 0.2) is 0 Å². The van der Waals surface area contributed by atoms with Gasteiger partial charge in [-0.3, -0.25) is 0 Å². The van der Waals surface area contributed by atoms with Gasteiger partial charge in [-0.15, -0.1) is 0 Å². The largest absolute Gasteiger partial charge is 0.361 e. The van der Waals surface area contributed by atoms with Gasteiger partial charge in [0.05, 0.1) is 0 Å². The fourth-order valence-corrected chi connectivity index (χ4v) is 3.07. The summed E-state index contributed by atoms with van der Waals surface area (Å²) in [7, 11) is 0. The Hall–Kier alpha value is -2.58. The number of fused-ring (bicyclic) bond motifs is 4.